The van der Waals surface area contributed by atoms with E-state index < -0.39 is 24.4 Å². The highest BCUT2D eigenvalue weighted by Crippen LogP contribution is 2.19. The monoisotopic (exact) mass is 344 g/mol. The summed E-state index contributed by atoms with van der Waals surface area (Å²) in [5.41, 5.74) is 0. The number of aliphatic hydroxyl groups is 3. The van der Waals surface area contributed by atoms with Crippen molar-refractivity contribution in [3.8, 4) is 0 Å². The first-order valence-corrected chi connectivity index (χ1v) is 9.55. The van der Waals surface area contributed by atoms with E-state index in [1.54, 1.807) is 0 Å². The molecule has 0 aromatic carbocycles. The number of unbranched alkanes of at least 4 members (excludes halogenated alkanes) is 7. The van der Waals surface area contributed by atoms with Gasteiger partial charge in [0.1, 0.15) is 24.4 Å². The maximum absolute atomic E-state index is 10.00. The lowest BCUT2D eigenvalue weighted by Gasteiger charge is -2.37. The summed E-state index contributed by atoms with van der Waals surface area (Å²) in [6.07, 6.45) is 12.0. The highest BCUT2D eigenvalue weighted by molar-refractivity contribution is 4.87. The van der Waals surface area contributed by atoms with Crippen LogP contribution in [0, 0.1) is 0 Å². The molecule has 0 aromatic heterocycles. The number of aliphatic hydroxyl groups excluding tert-OH is 3. The van der Waals surface area contributed by atoms with Crippen LogP contribution in [0.25, 0.3) is 0 Å². The van der Waals surface area contributed by atoms with E-state index in [1.807, 2.05) is 0 Å². The first-order valence-electron chi connectivity index (χ1n) is 9.55. The molecule has 0 unspecified atom stereocenters. The average molecular weight is 344 g/mol. The van der Waals surface area contributed by atoms with Crippen LogP contribution in [0.3, 0.4) is 0 Å². The number of allylic oxidation sites excluding steroid dienone is 2. The predicted molar refractivity (Wildman–Crippen MR) is 94.9 cm³/mol. The fourth-order valence-corrected chi connectivity index (χ4v) is 2.90. The van der Waals surface area contributed by atoms with Gasteiger partial charge in [0, 0.05) is 6.61 Å². The number of hydrogen-bond acceptors (Lipinski definition) is 5. The maximum atomic E-state index is 10.00. The van der Waals surface area contributed by atoms with Gasteiger partial charge in [-0.15, -0.1) is 0 Å². The Labute approximate surface area is 146 Å². The Kier molecular flexibility index (Phi) is 12.4. The van der Waals surface area contributed by atoms with Crippen molar-refractivity contribution in [3.05, 3.63) is 12.2 Å². The quantitative estimate of drug-likeness (QED) is 0.353. The predicted octanol–water partition coefficient (Wildman–Crippen LogP) is 2.57. The van der Waals surface area contributed by atoms with E-state index in [0.717, 1.165) is 12.8 Å². The number of ether oxygens (including phenoxy) is 2. The van der Waals surface area contributed by atoms with Gasteiger partial charge in [-0.3, -0.25) is 0 Å². The summed E-state index contributed by atoms with van der Waals surface area (Å²) in [6, 6.07) is 0. The van der Waals surface area contributed by atoms with Gasteiger partial charge in [-0.2, -0.15) is 0 Å². The third-order valence-corrected chi connectivity index (χ3v) is 4.47. The fraction of sp³-hybridized carbons (Fsp3) is 0.895. The molecular formula is C19H36O5. The van der Waals surface area contributed by atoms with E-state index in [1.165, 1.54) is 44.9 Å². The molecule has 3 N–H and O–H groups in total. The van der Waals surface area contributed by atoms with E-state index in [0.29, 0.717) is 6.61 Å². The summed E-state index contributed by atoms with van der Waals surface area (Å²) < 4.78 is 10.8. The first kappa shape index (κ1) is 21.6. The molecule has 1 saturated heterocycles. The van der Waals surface area contributed by atoms with Gasteiger partial charge in [0.15, 0.2) is 0 Å². The van der Waals surface area contributed by atoms with E-state index in [4.69, 9.17) is 14.6 Å². The van der Waals surface area contributed by atoms with Gasteiger partial charge in [0.2, 0.25) is 0 Å². The minimum Gasteiger partial charge on any atom is -0.394 e. The Hall–Kier alpha value is -0.460. The second-order valence-electron chi connectivity index (χ2n) is 6.62. The largest absolute Gasteiger partial charge is 0.394 e. The highest BCUT2D eigenvalue weighted by atomic mass is 16.6. The third kappa shape index (κ3) is 8.58. The minimum atomic E-state index is -0.974. The van der Waals surface area contributed by atoms with Gasteiger partial charge < -0.3 is 24.8 Å². The van der Waals surface area contributed by atoms with Crippen molar-refractivity contribution in [1.82, 2.24) is 0 Å². The molecule has 5 heteroatoms. The lowest BCUT2D eigenvalue weighted by molar-refractivity contribution is -0.210. The van der Waals surface area contributed by atoms with Crippen molar-refractivity contribution in [3.63, 3.8) is 0 Å². The second-order valence-corrected chi connectivity index (χ2v) is 6.62. The van der Waals surface area contributed by atoms with Gasteiger partial charge in [-0.1, -0.05) is 51.2 Å². The molecule has 1 fully saturated rings. The van der Waals surface area contributed by atoms with Crippen LogP contribution in [0.15, 0.2) is 12.2 Å². The van der Waals surface area contributed by atoms with Crippen LogP contribution < -0.4 is 0 Å². The Morgan fingerprint density at radius 1 is 1.00 bits per heavy atom. The summed E-state index contributed by atoms with van der Waals surface area (Å²) in [5, 5.41) is 28.9. The van der Waals surface area contributed by atoms with Crippen molar-refractivity contribution in [2.45, 2.75) is 89.1 Å². The normalized spacial score (nSPS) is 27.8. The van der Waals surface area contributed by atoms with Crippen molar-refractivity contribution in [2.24, 2.45) is 0 Å². The maximum Gasteiger partial charge on any atom is 0.114 e. The van der Waals surface area contributed by atoms with Gasteiger partial charge in [0.25, 0.3) is 0 Å². The van der Waals surface area contributed by atoms with Crippen molar-refractivity contribution in [2.75, 3.05) is 19.8 Å². The van der Waals surface area contributed by atoms with Gasteiger partial charge in [-0.25, -0.2) is 0 Å². The Morgan fingerprint density at radius 3 is 2.38 bits per heavy atom. The van der Waals surface area contributed by atoms with Crippen molar-refractivity contribution >= 4 is 0 Å². The summed E-state index contributed by atoms with van der Waals surface area (Å²) in [5.74, 6) is 0. The van der Waals surface area contributed by atoms with Crippen LogP contribution in [-0.2, 0) is 9.47 Å². The molecule has 0 aliphatic carbocycles. The van der Waals surface area contributed by atoms with Crippen molar-refractivity contribution < 1.29 is 24.8 Å². The van der Waals surface area contributed by atoms with E-state index in [9.17, 15) is 10.2 Å². The zero-order valence-electron chi connectivity index (χ0n) is 15.1. The van der Waals surface area contributed by atoms with Crippen LogP contribution in [0.2, 0.25) is 0 Å². The Bertz CT molecular complexity index is 321. The highest BCUT2D eigenvalue weighted by Gasteiger charge is 2.38. The standard InChI is InChI=1S/C19H36O5/c1-2-3-4-5-6-7-8-9-10-11-12-13-23-19-16(21)15-24-17(14-20)18(19)22/h5-6,16-22H,2-4,7-15H2,1H3/b6-5+/t16-,17+,18+,19+/m0/s1. The molecule has 0 bridgehead atoms. The molecule has 0 amide bonds. The fourth-order valence-electron chi connectivity index (χ4n) is 2.90. The molecule has 1 aliphatic rings. The van der Waals surface area contributed by atoms with E-state index in [2.05, 4.69) is 19.1 Å². The molecule has 1 rings (SSSR count). The molecule has 0 aromatic rings. The molecular weight excluding hydrogens is 308 g/mol. The average Bonchev–Trinajstić information content (AvgIpc) is 2.58. The molecule has 0 saturated carbocycles. The topological polar surface area (TPSA) is 79.2 Å². The van der Waals surface area contributed by atoms with Gasteiger partial charge in [0.05, 0.1) is 13.2 Å². The Balaban J connectivity index is 1.98. The van der Waals surface area contributed by atoms with Crippen LogP contribution >= 0.6 is 0 Å². The molecule has 5 nitrogen and oxygen atoms in total. The third-order valence-electron chi connectivity index (χ3n) is 4.47. The van der Waals surface area contributed by atoms with E-state index in [-0.39, 0.29) is 13.2 Å². The molecule has 142 valence electrons. The lowest BCUT2D eigenvalue weighted by Crippen LogP contribution is -2.55. The van der Waals surface area contributed by atoms with Crippen LogP contribution in [-0.4, -0.2) is 59.6 Å². The van der Waals surface area contributed by atoms with Crippen LogP contribution in [0.4, 0.5) is 0 Å². The molecule has 1 aliphatic heterocycles. The van der Waals surface area contributed by atoms with Gasteiger partial charge >= 0.3 is 0 Å². The zero-order chi connectivity index (χ0) is 17.6. The summed E-state index contributed by atoms with van der Waals surface area (Å²) >= 11 is 0. The summed E-state index contributed by atoms with van der Waals surface area (Å²) in [4.78, 5) is 0. The van der Waals surface area contributed by atoms with E-state index >= 15 is 0 Å². The zero-order valence-corrected chi connectivity index (χ0v) is 15.1. The first-order chi connectivity index (χ1) is 11.7. The lowest BCUT2D eigenvalue weighted by atomic mass is 10.0. The second kappa shape index (κ2) is 13.8. The number of hydrogen-bond donors (Lipinski definition) is 3. The summed E-state index contributed by atoms with van der Waals surface area (Å²) in [6.45, 7) is 2.57. The van der Waals surface area contributed by atoms with Crippen LogP contribution in [0.1, 0.15) is 64.7 Å². The molecule has 0 radical (unpaired) electrons. The van der Waals surface area contributed by atoms with Gasteiger partial charge in [-0.05, 0) is 25.7 Å². The van der Waals surface area contributed by atoms with Crippen molar-refractivity contribution in [1.29, 1.82) is 0 Å². The summed E-state index contributed by atoms with van der Waals surface area (Å²) in [7, 11) is 0. The molecule has 4 atom stereocenters. The molecule has 24 heavy (non-hydrogen) atoms. The molecule has 0 spiro atoms. The molecule has 1 heterocycles. The van der Waals surface area contributed by atoms with Crippen LogP contribution in [0.5, 0.6) is 0 Å². The smallest absolute Gasteiger partial charge is 0.114 e. The SMILES string of the molecule is CCCC/C=C/CCCCCCCO[C@H]1[C@H](O)[C@@H](CO)OC[C@@H]1O. The Morgan fingerprint density at radius 2 is 1.67 bits per heavy atom. The minimum absolute atomic E-state index is 0.0960. The number of rotatable bonds is 13.